The summed E-state index contributed by atoms with van der Waals surface area (Å²) in [6, 6.07) is 18.0. The number of amides is 2. The van der Waals surface area contributed by atoms with Crippen molar-refractivity contribution in [2.24, 2.45) is 0 Å². The van der Waals surface area contributed by atoms with Gasteiger partial charge in [-0.1, -0.05) is 45.8 Å². The summed E-state index contributed by atoms with van der Waals surface area (Å²) in [4.78, 5) is 37.1. The normalized spacial score (nSPS) is 10.4. The van der Waals surface area contributed by atoms with Gasteiger partial charge >= 0.3 is 0 Å². The van der Waals surface area contributed by atoms with Crippen LogP contribution in [0.15, 0.2) is 76.1 Å². The summed E-state index contributed by atoms with van der Waals surface area (Å²) < 4.78 is 2.38. The van der Waals surface area contributed by atoms with E-state index < -0.39 is 11.5 Å². The molecule has 0 fully saturated rings. The SMILES string of the molecule is Cc1cccc(Cn2cccc(C(=O)NCC(=O)Nc3ccc(Br)cc3)c2=O)c1. The van der Waals surface area contributed by atoms with Crippen LogP contribution in [0.4, 0.5) is 5.69 Å². The van der Waals surface area contributed by atoms with E-state index in [0.29, 0.717) is 12.2 Å². The number of nitrogens with one attached hydrogen (secondary N) is 2. The first kappa shape index (κ1) is 20.5. The van der Waals surface area contributed by atoms with E-state index >= 15 is 0 Å². The van der Waals surface area contributed by atoms with Crippen LogP contribution in [0.25, 0.3) is 0 Å². The zero-order valence-electron chi connectivity index (χ0n) is 15.8. The zero-order chi connectivity index (χ0) is 20.8. The second-order valence-corrected chi connectivity index (χ2v) is 7.50. The van der Waals surface area contributed by atoms with Crippen LogP contribution in [-0.4, -0.2) is 22.9 Å². The summed E-state index contributed by atoms with van der Waals surface area (Å²) in [5.41, 5.74) is 2.28. The Hall–Kier alpha value is -3.19. The van der Waals surface area contributed by atoms with Crippen LogP contribution in [0.3, 0.4) is 0 Å². The Labute approximate surface area is 176 Å². The second kappa shape index (κ2) is 9.34. The smallest absolute Gasteiger partial charge is 0.263 e. The van der Waals surface area contributed by atoms with Crippen molar-refractivity contribution >= 4 is 33.4 Å². The number of benzene rings is 2. The summed E-state index contributed by atoms with van der Waals surface area (Å²) in [5.74, 6) is -0.962. The summed E-state index contributed by atoms with van der Waals surface area (Å²) in [6.07, 6.45) is 1.64. The number of pyridine rings is 1. The number of hydrogen-bond acceptors (Lipinski definition) is 3. The molecule has 3 aromatic rings. The zero-order valence-corrected chi connectivity index (χ0v) is 17.4. The summed E-state index contributed by atoms with van der Waals surface area (Å²) in [6.45, 7) is 2.11. The quantitative estimate of drug-likeness (QED) is 0.600. The van der Waals surface area contributed by atoms with Gasteiger partial charge < -0.3 is 15.2 Å². The maximum atomic E-state index is 12.7. The molecule has 0 unspecified atom stereocenters. The number of carbonyl (C=O) groups is 2. The van der Waals surface area contributed by atoms with Crippen LogP contribution < -0.4 is 16.2 Å². The number of aromatic nitrogens is 1. The first-order valence-corrected chi connectivity index (χ1v) is 9.80. The molecule has 1 heterocycles. The van der Waals surface area contributed by atoms with Crippen molar-refractivity contribution in [3.8, 4) is 0 Å². The molecule has 0 aliphatic heterocycles. The molecule has 0 aliphatic carbocycles. The Morgan fingerprint density at radius 2 is 1.79 bits per heavy atom. The minimum Gasteiger partial charge on any atom is -0.343 e. The number of hydrogen-bond donors (Lipinski definition) is 2. The van der Waals surface area contributed by atoms with E-state index in [4.69, 9.17) is 0 Å². The number of carbonyl (C=O) groups excluding carboxylic acids is 2. The highest BCUT2D eigenvalue weighted by atomic mass is 79.9. The van der Waals surface area contributed by atoms with Crippen LogP contribution in [0.2, 0.25) is 0 Å². The Bertz CT molecular complexity index is 1090. The molecule has 0 bridgehead atoms. The molecule has 0 saturated carbocycles. The molecular formula is C22H20BrN3O3. The second-order valence-electron chi connectivity index (χ2n) is 6.58. The van der Waals surface area contributed by atoms with Gasteiger partial charge in [-0.2, -0.15) is 0 Å². The number of rotatable bonds is 6. The van der Waals surface area contributed by atoms with E-state index in [1.165, 1.54) is 10.6 Å². The third-order valence-corrected chi connectivity index (χ3v) is 4.77. The standard InChI is InChI=1S/C22H20BrN3O3/c1-15-4-2-5-16(12-15)14-26-11-3-6-19(22(26)29)21(28)24-13-20(27)25-18-9-7-17(23)8-10-18/h2-12H,13-14H2,1H3,(H,24,28)(H,25,27). The van der Waals surface area contributed by atoms with Crippen molar-refractivity contribution < 1.29 is 9.59 Å². The molecule has 2 N–H and O–H groups in total. The van der Waals surface area contributed by atoms with Crippen LogP contribution >= 0.6 is 15.9 Å². The molecule has 0 radical (unpaired) electrons. The lowest BCUT2D eigenvalue weighted by Crippen LogP contribution is -2.37. The maximum Gasteiger partial charge on any atom is 0.263 e. The predicted octanol–water partition coefficient (Wildman–Crippen LogP) is 3.34. The monoisotopic (exact) mass is 453 g/mol. The summed E-state index contributed by atoms with van der Waals surface area (Å²) in [7, 11) is 0. The van der Waals surface area contributed by atoms with Crippen LogP contribution in [0, 0.1) is 6.92 Å². The largest absolute Gasteiger partial charge is 0.343 e. The van der Waals surface area contributed by atoms with E-state index in [1.54, 1.807) is 36.5 Å². The van der Waals surface area contributed by atoms with E-state index in [1.807, 2.05) is 31.2 Å². The van der Waals surface area contributed by atoms with Gasteiger partial charge in [0.05, 0.1) is 13.1 Å². The Balaban J connectivity index is 1.64. The fourth-order valence-corrected chi connectivity index (χ4v) is 3.10. The van der Waals surface area contributed by atoms with E-state index in [9.17, 15) is 14.4 Å². The summed E-state index contributed by atoms with van der Waals surface area (Å²) >= 11 is 3.32. The average molecular weight is 454 g/mol. The highest BCUT2D eigenvalue weighted by molar-refractivity contribution is 9.10. The van der Waals surface area contributed by atoms with Crippen LogP contribution in [0.1, 0.15) is 21.5 Å². The lowest BCUT2D eigenvalue weighted by Gasteiger charge is -2.10. The van der Waals surface area contributed by atoms with Crippen molar-refractivity contribution in [3.63, 3.8) is 0 Å². The van der Waals surface area contributed by atoms with Crippen molar-refractivity contribution in [1.29, 1.82) is 0 Å². The van der Waals surface area contributed by atoms with Gasteiger partial charge in [0.15, 0.2) is 0 Å². The molecule has 0 atom stereocenters. The van der Waals surface area contributed by atoms with Crippen molar-refractivity contribution in [2.75, 3.05) is 11.9 Å². The fourth-order valence-electron chi connectivity index (χ4n) is 2.84. The highest BCUT2D eigenvalue weighted by Crippen LogP contribution is 2.13. The van der Waals surface area contributed by atoms with Gasteiger partial charge in [-0.05, 0) is 48.9 Å². The summed E-state index contributed by atoms with van der Waals surface area (Å²) in [5, 5.41) is 5.18. The fraction of sp³-hybridized carbons (Fsp3) is 0.136. The molecule has 148 valence electrons. The molecule has 6 nitrogen and oxygen atoms in total. The molecule has 7 heteroatoms. The van der Waals surface area contributed by atoms with Gasteiger partial charge in [0.25, 0.3) is 11.5 Å². The Kier molecular flexibility index (Phi) is 6.61. The molecule has 1 aromatic heterocycles. The molecular weight excluding hydrogens is 434 g/mol. The van der Waals surface area contributed by atoms with E-state index in [2.05, 4.69) is 26.6 Å². The van der Waals surface area contributed by atoms with E-state index in [-0.39, 0.29) is 18.0 Å². The number of nitrogens with zero attached hydrogens (tertiary/aromatic N) is 1. The molecule has 0 saturated heterocycles. The van der Waals surface area contributed by atoms with Crippen molar-refractivity contribution in [3.05, 3.63) is 98.4 Å². The Morgan fingerprint density at radius 1 is 1.03 bits per heavy atom. The third kappa shape index (κ3) is 5.65. The van der Waals surface area contributed by atoms with Gasteiger partial charge in [-0.25, -0.2) is 0 Å². The number of anilines is 1. The first-order chi connectivity index (χ1) is 13.9. The van der Waals surface area contributed by atoms with Crippen molar-refractivity contribution in [2.45, 2.75) is 13.5 Å². The predicted molar refractivity (Wildman–Crippen MR) is 116 cm³/mol. The van der Waals surface area contributed by atoms with Crippen LogP contribution in [-0.2, 0) is 11.3 Å². The van der Waals surface area contributed by atoms with Crippen molar-refractivity contribution in [1.82, 2.24) is 9.88 Å². The van der Waals surface area contributed by atoms with Gasteiger partial charge in [-0.3, -0.25) is 14.4 Å². The van der Waals surface area contributed by atoms with Gasteiger partial charge in [-0.15, -0.1) is 0 Å². The molecule has 2 aromatic carbocycles. The third-order valence-electron chi connectivity index (χ3n) is 4.24. The minimum absolute atomic E-state index is 0.00315. The molecule has 0 aliphatic rings. The molecule has 0 spiro atoms. The maximum absolute atomic E-state index is 12.7. The molecule has 29 heavy (non-hydrogen) atoms. The highest BCUT2D eigenvalue weighted by Gasteiger charge is 2.13. The van der Waals surface area contributed by atoms with Crippen LogP contribution in [0.5, 0.6) is 0 Å². The minimum atomic E-state index is -0.584. The molecule has 2 amide bonds. The lowest BCUT2D eigenvalue weighted by molar-refractivity contribution is -0.115. The lowest BCUT2D eigenvalue weighted by atomic mass is 10.1. The number of aryl methyl sites for hydroxylation is 1. The first-order valence-electron chi connectivity index (χ1n) is 9.01. The van der Waals surface area contributed by atoms with E-state index in [0.717, 1.165) is 15.6 Å². The Morgan fingerprint density at radius 3 is 2.52 bits per heavy atom. The average Bonchev–Trinajstić information content (AvgIpc) is 2.69. The number of halogens is 1. The topological polar surface area (TPSA) is 80.2 Å². The van der Waals surface area contributed by atoms with Gasteiger partial charge in [0.2, 0.25) is 5.91 Å². The van der Waals surface area contributed by atoms with Gasteiger partial charge in [0, 0.05) is 16.4 Å². The molecule has 3 rings (SSSR count). The van der Waals surface area contributed by atoms with Gasteiger partial charge in [0.1, 0.15) is 5.56 Å².